The highest BCUT2D eigenvalue weighted by Crippen LogP contribution is 2.41. The SMILES string of the molecule is CCCOC(=S)O[C@H]1[C@H](C)O[C@@H](O[C@H]2[C@H](C)[C@@H](O[C@@H]3O[C@H](C)C[C@H](N(C)C)[C@H]3OC(C)=O)[C@](C)(O)C[C@@H](C)C(=O)[C@H](C)[C@@H](O)[C@@H](C)[C@@H](CC)OC(=O)[C@@H]2C)C[C@@]1(C)OC. The maximum Gasteiger partial charge on any atom is 0.352 e. The molecule has 0 saturated carbocycles. The van der Waals surface area contributed by atoms with Gasteiger partial charge < -0.3 is 57.7 Å². The first-order chi connectivity index (χ1) is 27.4. The van der Waals surface area contributed by atoms with Crippen molar-refractivity contribution in [2.24, 2.45) is 29.6 Å². The van der Waals surface area contributed by atoms with Gasteiger partial charge in [0.15, 0.2) is 24.8 Å². The number of Topliss-reactive ketones (excluding diaryl/α,β-unsaturated/α-hetero) is 1. The number of thiocarbonyl (C=S) groups is 1. The van der Waals surface area contributed by atoms with Gasteiger partial charge in [0.25, 0.3) is 0 Å². The molecule has 3 heterocycles. The minimum Gasteiger partial charge on any atom is -0.462 e. The van der Waals surface area contributed by atoms with Gasteiger partial charge in [-0.15, -0.1) is 0 Å². The molecule has 3 aliphatic rings. The molecule has 3 aliphatic heterocycles. The van der Waals surface area contributed by atoms with E-state index >= 15 is 0 Å². The van der Waals surface area contributed by atoms with Gasteiger partial charge in [-0.25, -0.2) is 0 Å². The molecule has 0 aromatic rings. The van der Waals surface area contributed by atoms with Crippen LogP contribution in [0, 0.1) is 29.6 Å². The Bertz CT molecular complexity index is 1400. The van der Waals surface area contributed by atoms with Gasteiger partial charge in [-0.1, -0.05) is 41.5 Å². The van der Waals surface area contributed by atoms with E-state index in [1.165, 1.54) is 6.92 Å². The molecular weight excluding hydrogens is 787 g/mol. The third-order valence-electron chi connectivity index (χ3n) is 12.7. The van der Waals surface area contributed by atoms with Crippen molar-refractivity contribution in [1.82, 2.24) is 4.90 Å². The first-order valence-electron chi connectivity index (χ1n) is 21.4. The monoisotopic (exact) mass is 861 g/mol. The Hall–Kier alpha value is -2.02. The summed E-state index contributed by atoms with van der Waals surface area (Å²) in [6.07, 6.45) is -7.01. The van der Waals surface area contributed by atoms with E-state index in [0.29, 0.717) is 19.4 Å². The van der Waals surface area contributed by atoms with E-state index in [1.54, 1.807) is 55.6 Å². The fourth-order valence-electron chi connectivity index (χ4n) is 9.19. The summed E-state index contributed by atoms with van der Waals surface area (Å²) in [5.74, 6) is -5.35. The molecule has 3 rings (SSSR count). The Kier molecular flexibility index (Phi) is 19.0. The number of carbonyl (C=O) groups excluding carboxylic acids is 3. The first kappa shape index (κ1) is 51.3. The molecule has 3 saturated heterocycles. The zero-order chi connectivity index (χ0) is 44.7. The lowest BCUT2D eigenvalue weighted by molar-refractivity contribution is -0.318. The van der Waals surface area contributed by atoms with Crippen LogP contribution in [-0.4, -0.2) is 145 Å². The number of hydrogen-bond acceptors (Lipinski definition) is 16. The van der Waals surface area contributed by atoms with Crippen molar-refractivity contribution in [3.05, 3.63) is 0 Å². The molecule has 0 aliphatic carbocycles. The van der Waals surface area contributed by atoms with E-state index in [2.05, 4.69) is 0 Å². The summed E-state index contributed by atoms with van der Waals surface area (Å²) in [7, 11) is 5.31. The standard InChI is InChI=1S/C43H75NO14S/c1-16-18-51-41(59)58-38-28(9)53-32(21-43(38,12)50-15)56-35-26(7)37(57-40-36(54-29(10)45)30(44(13)14)19-23(4)52-40)42(11,49)20-22(3)33(46)25(6)34(47)24(5)31(17-2)55-39(48)27(35)8/h22-28,30-32,34-38,40,47,49H,16-21H2,1-15H3/t22-,23-,24+,25+,26+,27-,28+,30+,31-,32+,34+,35+,36-,37-,38+,40+,42-,43-/m1/s1. The Morgan fingerprint density at radius 1 is 0.915 bits per heavy atom. The van der Waals surface area contributed by atoms with Gasteiger partial charge in [-0.05, 0) is 74.4 Å². The summed E-state index contributed by atoms with van der Waals surface area (Å²) in [4.78, 5) is 42.8. The molecule has 0 bridgehead atoms. The molecule has 0 radical (unpaired) electrons. The third-order valence-corrected chi connectivity index (χ3v) is 12.9. The highest BCUT2D eigenvalue weighted by atomic mass is 32.1. The van der Waals surface area contributed by atoms with E-state index in [1.807, 2.05) is 46.7 Å². The predicted molar refractivity (Wildman–Crippen MR) is 222 cm³/mol. The lowest BCUT2D eigenvalue weighted by Crippen LogP contribution is -2.61. The molecule has 3 fully saturated rings. The molecule has 0 aromatic heterocycles. The summed E-state index contributed by atoms with van der Waals surface area (Å²) in [6.45, 7) is 21.3. The first-order valence-corrected chi connectivity index (χ1v) is 21.8. The van der Waals surface area contributed by atoms with Crippen molar-refractivity contribution in [3.8, 4) is 0 Å². The fraction of sp³-hybridized carbons (Fsp3) is 0.907. The van der Waals surface area contributed by atoms with Crippen LogP contribution in [0.5, 0.6) is 0 Å². The van der Waals surface area contributed by atoms with Crippen LogP contribution >= 0.6 is 12.2 Å². The summed E-state index contributed by atoms with van der Waals surface area (Å²) in [5.41, 5.74) is -2.77. The number of methoxy groups -OCH3 is 1. The lowest BCUT2D eigenvalue weighted by atomic mass is 9.74. The maximum atomic E-state index is 14.3. The number of esters is 2. The van der Waals surface area contributed by atoms with Crippen molar-refractivity contribution in [3.63, 3.8) is 0 Å². The fourth-order valence-corrected chi connectivity index (χ4v) is 9.38. The van der Waals surface area contributed by atoms with Crippen LogP contribution in [0.3, 0.4) is 0 Å². The quantitative estimate of drug-likeness (QED) is 0.210. The van der Waals surface area contributed by atoms with E-state index < -0.39 is 108 Å². The average molecular weight is 862 g/mol. The number of nitrogens with zero attached hydrogens (tertiary/aromatic N) is 1. The largest absolute Gasteiger partial charge is 0.462 e. The minimum absolute atomic E-state index is 0.0251. The lowest BCUT2D eigenvalue weighted by Gasteiger charge is -2.49. The molecule has 0 unspecified atom stereocenters. The number of ketones is 1. The van der Waals surface area contributed by atoms with Crippen LogP contribution in [0.15, 0.2) is 0 Å². The molecule has 0 amide bonds. The molecule has 0 aromatic carbocycles. The Balaban J connectivity index is 2.19. The topological polar surface area (TPSA) is 178 Å². The third kappa shape index (κ3) is 12.8. The molecule has 59 heavy (non-hydrogen) atoms. The molecule has 15 nitrogen and oxygen atoms in total. The summed E-state index contributed by atoms with van der Waals surface area (Å²) < 4.78 is 56.2. The minimum atomic E-state index is -1.78. The zero-order valence-corrected chi connectivity index (χ0v) is 38.9. The molecule has 342 valence electrons. The maximum absolute atomic E-state index is 14.3. The predicted octanol–water partition coefficient (Wildman–Crippen LogP) is 4.98. The second-order valence-electron chi connectivity index (χ2n) is 18.0. The van der Waals surface area contributed by atoms with E-state index in [4.69, 9.17) is 54.8 Å². The van der Waals surface area contributed by atoms with Crippen molar-refractivity contribution in [2.75, 3.05) is 27.8 Å². The second kappa shape index (κ2) is 21.9. The summed E-state index contributed by atoms with van der Waals surface area (Å²) in [6, 6.07) is -0.303. The van der Waals surface area contributed by atoms with Gasteiger partial charge in [0.2, 0.25) is 0 Å². The van der Waals surface area contributed by atoms with E-state index in [9.17, 15) is 24.6 Å². The smallest absolute Gasteiger partial charge is 0.352 e. The molecule has 16 heteroatoms. The van der Waals surface area contributed by atoms with Gasteiger partial charge in [0.1, 0.15) is 17.5 Å². The van der Waals surface area contributed by atoms with Crippen LogP contribution in [0.1, 0.15) is 115 Å². The summed E-state index contributed by atoms with van der Waals surface area (Å²) in [5, 5.41) is 24.1. The van der Waals surface area contributed by atoms with Crippen molar-refractivity contribution in [2.45, 2.75) is 194 Å². The van der Waals surface area contributed by atoms with E-state index in [-0.39, 0.29) is 36.0 Å². The highest BCUT2D eigenvalue weighted by Gasteiger charge is 2.54. The zero-order valence-electron chi connectivity index (χ0n) is 38.1. The number of cyclic esters (lactones) is 1. The number of aliphatic hydroxyl groups excluding tert-OH is 1. The van der Waals surface area contributed by atoms with Gasteiger partial charge in [0.05, 0.1) is 54.7 Å². The van der Waals surface area contributed by atoms with Crippen LogP contribution in [-0.2, 0) is 57.0 Å². The molecule has 0 spiro atoms. The van der Waals surface area contributed by atoms with Crippen LogP contribution in [0.4, 0.5) is 0 Å². The Morgan fingerprint density at radius 3 is 2.12 bits per heavy atom. The van der Waals surface area contributed by atoms with Crippen molar-refractivity contribution >= 4 is 35.2 Å². The van der Waals surface area contributed by atoms with Gasteiger partial charge in [0, 0.05) is 56.3 Å². The van der Waals surface area contributed by atoms with Gasteiger partial charge in [-0.2, -0.15) is 0 Å². The van der Waals surface area contributed by atoms with Crippen molar-refractivity contribution < 1.29 is 67.2 Å². The number of aliphatic hydroxyl groups is 2. The summed E-state index contributed by atoms with van der Waals surface area (Å²) >= 11 is 5.36. The average Bonchev–Trinajstić information content (AvgIpc) is 3.16. The Morgan fingerprint density at radius 2 is 1.56 bits per heavy atom. The number of rotatable bonds is 11. The molecular formula is C43H75NO14S. The number of carbonyl (C=O) groups is 3. The Labute approximate surface area is 357 Å². The molecule has 2 N–H and O–H groups in total. The number of ether oxygens (including phenoxy) is 9. The number of likely N-dealkylation sites (N-methyl/N-ethyl adjacent to an activating group) is 1. The molecule has 18 atom stereocenters. The van der Waals surface area contributed by atoms with Crippen LogP contribution < -0.4 is 0 Å². The van der Waals surface area contributed by atoms with Gasteiger partial charge >= 0.3 is 17.2 Å². The highest BCUT2D eigenvalue weighted by molar-refractivity contribution is 7.79. The van der Waals surface area contributed by atoms with Crippen LogP contribution in [0.25, 0.3) is 0 Å². The number of hydrogen-bond donors (Lipinski definition) is 2. The van der Waals surface area contributed by atoms with Crippen molar-refractivity contribution in [1.29, 1.82) is 0 Å². The normalized spacial score (nSPS) is 43.0. The van der Waals surface area contributed by atoms with Gasteiger partial charge in [-0.3, -0.25) is 14.4 Å². The van der Waals surface area contributed by atoms with Crippen LogP contribution in [0.2, 0.25) is 0 Å². The van der Waals surface area contributed by atoms with E-state index in [0.717, 1.165) is 6.42 Å². The second-order valence-corrected chi connectivity index (χ2v) is 18.3.